The molecule has 3 rings (SSSR count). The van der Waals surface area contributed by atoms with Crippen LogP contribution in [0.2, 0.25) is 4.34 Å². The van der Waals surface area contributed by atoms with Crippen LogP contribution in [0.3, 0.4) is 0 Å². The second kappa shape index (κ2) is 7.75. The lowest BCUT2D eigenvalue weighted by atomic mass is 9.98. The van der Waals surface area contributed by atoms with Crippen molar-refractivity contribution in [2.24, 2.45) is 5.92 Å². The molecule has 1 fully saturated rings. The summed E-state index contributed by atoms with van der Waals surface area (Å²) in [6, 6.07) is 6.88. The van der Waals surface area contributed by atoms with Crippen LogP contribution in [0.25, 0.3) is 0 Å². The van der Waals surface area contributed by atoms with Crippen LogP contribution in [0.15, 0.2) is 33.9 Å². The van der Waals surface area contributed by atoms with Gasteiger partial charge in [-0.25, -0.2) is 8.42 Å². The van der Waals surface area contributed by atoms with Crippen LogP contribution in [0.5, 0.6) is 0 Å². The van der Waals surface area contributed by atoms with Crippen molar-refractivity contribution in [3.8, 4) is 0 Å². The average molecular weight is 419 g/mol. The number of hydrogen-bond donors (Lipinski definition) is 1. The van der Waals surface area contributed by atoms with E-state index in [0.717, 1.165) is 4.88 Å². The molecule has 136 valence electrons. The molecule has 9 heteroatoms. The van der Waals surface area contributed by atoms with Gasteiger partial charge in [0.25, 0.3) is 10.0 Å². The smallest absolute Gasteiger partial charge is 0.252 e. The number of piperidine rings is 1. The lowest BCUT2D eigenvalue weighted by Gasteiger charge is -2.31. The van der Waals surface area contributed by atoms with Crippen molar-refractivity contribution in [2.45, 2.75) is 30.0 Å². The molecule has 0 bridgehead atoms. The minimum absolute atomic E-state index is 0.108. The highest BCUT2D eigenvalue weighted by Crippen LogP contribution is 2.29. The molecule has 1 N–H and O–H groups in total. The Hall–Kier alpha value is -0.930. The van der Waals surface area contributed by atoms with Crippen LogP contribution in [0.4, 0.5) is 0 Å². The number of halogens is 1. The van der Waals surface area contributed by atoms with E-state index in [1.165, 1.54) is 27.0 Å². The number of carbonyl (C=O) groups excluding carboxylic acids is 1. The molecule has 2 aromatic rings. The van der Waals surface area contributed by atoms with Crippen molar-refractivity contribution < 1.29 is 13.2 Å². The molecular formula is C16H19ClN2O3S3. The topological polar surface area (TPSA) is 66.5 Å². The van der Waals surface area contributed by atoms with Gasteiger partial charge in [-0.05, 0) is 43.3 Å². The Balaban J connectivity index is 1.66. The minimum Gasteiger partial charge on any atom is -0.348 e. The van der Waals surface area contributed by atoms with Gasteiger partial charge in [0.05, 0.1) is 16.3 Å². The zero-order valence-electron chi connectivity index (χ0n) is 13.6. The second-order valence-electron chi connectivity index (χ2n) is 6.01. The lowest BCUT2D eigenvalue weighted by molar-refractivity contribution is -0.126. The number of hydrogen-bond acceptors (Lipinski definition) is 5. The third-order valence-electron chi connectivity index (χ3n) is 4.22. The molecule has 2 atom stereocenters. The molecule has 0 aromatic carbocycles. The molecule has 0 spiro atoms. The molecule has 0 radical (unpaired) electrons. The van der Waals surface area contributed by atoms with Crippen molar-refractivity contribution in [1.29, 1.82) is 0 Å². The summed E-state index contributed by atoms with van der Waals surface area (Å²) < 4.78 is 27.8. The number of sulfonamides is 1. The molecule has 25 heavy (non-hydrogen) atoms. The van der Waals surface area contributed by atoms with Gasteiger partial charge in [0.1, 0.15) is 4.21 Å². The minimum atomic E-state index is -3.51. The summed E-state index contributed by atoms with van der Waals surface area (Å²) in [4.78, 5) is 13.6. The Morgan fingerprint density at radius 1 is 1.40 bits per heavy atom. The first-order chi connectivity index (χ1) is 11.9. The highest BCUT2D eigenvalue weighted by molar-refractivity contribution is 7.91. The molecule has 5 nitrogen and oxygen atoms in total. The molecule has 1 saturated heterocycles. The summed E-state index contributed by atoms with van der Waals surface area (Å²) in [5, 5.41) is 4.72. The zero-order chi connectivity index (χ0) is 18.0. The number of amides is 1. The normalized spacial score (nSPS) is 20.3. The highest BCUT2D eigenvalue weighted by Gasteiger charge is 2.34. The third-order valence-corrected chi connectivity index (χ3v) is 8.88. The van der Waals surface area contributed by atoms with Crippen LogP contribution in [-0.2, 0) is 14.8 Å². The molecule has 2 aromatic heterocycles. The van der Waals surface area contributed by atoms with E-state index in [4.69, 9.17) is 11.6 Å². The highest BCUT2D eigenvalue weighted by atomic mass is 35.5. The predicted octanol–water partition coefficient (Wildman–Crippen LogP) is 3.74. The standard InChI is InChI=1S/C16H19ClN2O3S3/c1-11(13-6-7-14(17)24-13)18-16(20)12-4-2-8-19(10-12)25(21,22)15-5-3-9-23-15/h3,5-7,9,11-12H,2,4,8,10H2,1H3,(H,18,20). The maximum atomic E-state index is 12.7. The van der Waals surface area contributed by atoms with Crippen molar-refractivity contribution in [2.75, 3.05) is 13.1 Å². The first kappa shape index (κ1) is 18.8. The Kier molecular flexibility index (Phi) is 5.85. The van der Waals surface area contributed by atoms with Gasteiger partial charge in [-0.3, -0.25) is 4.79 Å². The van der Waals surface area contributed by atoms with E-state index in [2.05, 4.69) is 5.32 Å². The Labute approximate surface area is 160 Å². The summed E-state index contributed by atoms with van der Waals surface area (Å²) in [7, 11) is -3.51. The van der Waals surface area contributed by atoms with Gasteiger partial charge in [-0.15, -0.1) is 22.7 Å². The van der Waals surface area contributed by atoms with Crippen molar-refractivity contribution in [3.63, 3.8) is 0 Å². The van der Waals surface area contributed by atoms with Gasteiger partial charge in [-0.1, -0.05) is 17.7 Å². The average Bonchev–Trinajstić information content (AvgIpc) is 3.26. The Morgan fingerprint density at radius 2 is 2.20 bits per heavy atom. The van der Waals surface area contributed by atoms with Crippen LogP contribution >= 0.6 is 34.3 Å². The van der Waals surface area contributed by atoms with Gasteiger partial charge in [0.2, 0.25) is 5.91 Å². The van der Waals surface area contributed by atoms with Gasteiger partial charge >= 0.3 is 0 Å². The molecule has 3 heterocycles. The molecule has 0 aliphatic carbocycles. The van der Waals surface area contributed by atoms with E-state index in [1.54, 1.807) is 23.6 Å². The number of nitrogens with one attached hydrogen (secondary N) is 1. The summed E-state index contributed by atoms with van der Waals surface area (Å²) >= 11 is 8.58. The van der Waals surface area contributed by atoms with Crippen LogP contribution in [-0.4, -0.2) is 31.7 Å². The third kappa shape index (κ3) is 4.25. The molecule has 0 saturated carbocycles. The molecular weight excluding hydrogens is 400 g/mol. The van der Waals surface area contributed by atoms with E-state index in [-0.39, 0.29) is 24.4 Å². The maximum Gasteiger partial charge on any atom is 0.252 e. The van der Waals surface area contributed by atoms with E-state index in [0.29, 0.717) is 27.9 Å². The van der Waals surface area contributed by atoms with Crippen LogP contribution in [0.1, 0.15) is 30.7 Å². The number of nitrogens with zero attached hydrogens (tertiary/aromatic N) is 1. The quantitative estimate of drug-likeness (QED) is 0.804. The molecule has 1 aliphatic heterocycles. The van der Waals surface area contributed by atoms with Gasteiger partial charge < -0.3 is 5.32 Å². The fraction of sp³-hybridized carbons (Fsp3) is 0.438. The van der Waals surface area contributed by atoms with Gasteiger partial charge in [-0.2, -0.15) is 4.31 Å². The van der Waals surface area contributed by atoms with E-state index >= 15 is 0 Å². The number of rotatable bonds is 5. The maximum absolute atomic E-state index is 12.7. The van der Waals surface area contributed by atoms with Crippen molar-refractivity contribution in [1.82, 2.24) is 9.62 Å². The summed E-state index contributed by atoms with van der Waals surface area (Å²) in [6.07, 6.45) is 1.38. The fourth-order valence-electron chi connectivity index (χ4n) is 2.88. The van der Waals surface area contributed by atoms with Gasteiger partial charge in [0.15, 0.2) is 0 Å². The Morgan fingerprint density at radius 3 is 2.84 bits per heavy atom. The van der Waals surface area contributed by atoms with E-state index in [1.807, 2.05) is 13.0 Å². The number of carbonyl (C=O) groups is 1. The second-order valence-corrected chi connectivity index (χ2v) is 10.9. The van der Waals surface area contributed by atoms with Crippen molar-refractivity contribution in [3.05, 3.63) is 38.9 Å². The first-order valence-corrected chi connectivity index (χ1v) is 11.5. The zero-order valence-corrected chi connectivity index (χ0v) is 16.8. The monoisotopic (exact) mass is 418 g/mol. The SMILES string of the molecule is CC(NC(=O)C1CCCN(S(=O)(=O)c2cccs2)C1)c1ccc(Cl)s1. The molecule has 1 amide bonds. The predicted molar refractivity (Wildman–Crippen MR) is 102 cm³/mol. The fourth-order valence-corrected chi connectivity index (χ4v) is 6.61. The van der Waals surface area contributed by atoms with Crippen LogP contribution < -0.4 is 5.32 Å². The molecule has 1 aliphatic rings. The summed E-state index contributed by atoms with van der Waals surface area (Å²) in [6.45, 7) is 2.59. The van der Waals surface area contributed by atoms with Gasteiger partial charge in [0, 0.05) is 18.0 Å². The lowest BCUT2D eigenvalue weighted by Crippen LogP contribution is -2.45. The summed E-state index contributed by atoms with van der Waals surface area (Å²) in [5.74, 6) is -0.440. The summed E-state index contributed by atoms with van der Waals surface area (Å²) in [5.41, 5.74) is 0. The van der Waals surface area contributed by atoms with Crippen molar-refractivity contribution >= 4 is 50.2 Å². The molecule has 2 unspecified atom stereocenters. The largest absolute Gasteiger partial charge is 0.348 e. The van der Waals surface area contributed by atoms with E-state index in [9.17, 15) is 13.2 Å². The number of thiophene rings is 2. The van der Waals surface area contributed by atoms with Crippen LogP contribution in [0, 0.1) is 5.92 Å². The van der Waals surface area contributed by atoms with E-state index < -0.39 is 10.0 Å². The first-order valence-electron chi connectivity index (χ1n) is 7.97. The Bertz CT molecular complexity index is 833.